The molecular weight excluding hydrogens is 343 g/mol. The maximum Gasteiger partial charge on any atom is -0.0809 e. The molecule has 0 nitrogen and oxygen atoms in total. The van der Waals surface area contributed by atoms with Crippen molar-refractivity contribution in [3.05, 3.63) is 84.9 Å². The third-order valence-electron chi connectivity index (χ3n) is 3.10. The van der Waals surface area contributed by atoms with Gasteiger partial charge >= 0.3 is 41.3 Å². The Balaban J connectivity index is 0.000000131. The molecule has 0 heterocycles. The molecule has 0 N–H and O–H groups in total. The molecular formula is C21H20Zr. The molecule has 4 rings (SSSR count). The van der Waals surface area contributed by atoms with Crippen LogP contribution in [0.4, 0.5) is 0 Å². The first kappa shape index (κ1) is 16.8. The molecule has 0 unspecified atom stereocenters. The molecule has 0 aromatic heterocycles. The van der Waals surface area contributed by atoms with Crippen molar-refractivity contribution < 1.29 is 24.2 Å². The van der Waals surface area contributed by atoms with Gasteiger partial charge in [-0.25, -0.2) is 0 Å². The van der Waals surface area contributed by atoms with E-state index in [4.69, 9.17) is 0 Å². The molecule has 0 spiro atoms. The van der Waals surface area contributed by atoms with Gasteiger partial charge in [0.15, 0.2) is 0 Å². The van der Waals surface area contributed by atoms with E-state index in [-0.39, 0.29) is 0 Å². The van der Waals surface area contributed by atoms with Gasteiger partial charge in [-0.05, 0) is 0 Å². The Hall–Kier alpha value is -1.59. The van der Waals surface area contributed by atoms with Crippen molar-refractivity contribution in [2.45, 2.75) is 13.8 Å². The largest absolute Gasteiger partial charge is 0.168 e. The minimum absolute atomic E-state index is 1.33. The molecule has 0 atom stereocenters. The summed E-state index contributed by atoms with van der Waals surface area (Å²) in [6, 6.07) is 29.3. The summed E-state index contributed by atoms with van der Waals surface area (Å²) in [5.74, 6) is 0. The second kappa shape index (κ2) is 8.76. The topological polar surface area (TPSA) is 0 Å². The zero-order chi connectivity index (χ0) is 15.8. The van der Waals surface area contributed by atoms with Gasteiger partial charge in [-0.15, -0.1) is 59.3 Å². The molecule has 0 saturated carbocycles. The second-order valence-electron chi connectivity index (χ2n) is 5.31. The predicted octanol–water partition coefficient (Wildman–Crippen LogP) is 5.86. The summed E-state index contributed by atoms with van der Waals surface area (Å²) in [5.41, 5.74) is 0. The Morgan fingerprint density at radius 3 is 1.41 bits per heavy atom. The fourth-order valence-corrected chi connectivity index (χ4v) is 2.14. The minimum atomic E-state index is 1.33. The van der Waals surface area contributed by atoms with Gasteiger partial charge in [0.2, 0.25) is 0 Å². The van der Waals surface area contributed by atoms with Crippen LogP contribution in [-0.4, -0.2) is 3.21 Å². The normalized spacial score (nSPS) is 9.64. The number of hydrogen-bond acceptors (Lipinski definition) is 0. The van der Waals surface area contributed by atoms with Gasteiger partial charge in [0.25, 0.3) is 0 Å². The van der Waals surface area contributed by atoms with E-state index in [9.17, 15) is 0 Å². The Bertz CT molecular complexity index is 703. The molecule has 108 valence electrons. The standard InChI is InChI=1S/2C9H7.C3H6.Zr/c2*1-2-5-9-7-3-6-8(9)4-1;1-3-2;/h2*1-7H;1-2H3;/q2*-1;;+2. The quantitative estimate of drug-likeness (QED) is 0.343. The summed E-state index contributed by atoms with van der Waals surface area (Å²) >= 11 is 1.55. The number of benzene rings is 2. The fourth-order valence-electron chi connectivity index (χ4n) is 2.14. The van der Waals surface area contributed by atoms with Crippen LogP contribution in [-0.2, 0) is 24.2 Å². The van der Waals surface area contributed by atoms with Crippen molar-refractivity contribution >= 4 is 24.8 Å². The first-order valence-corrected chi connectivity index (χ1v) is 8.62. The minimum Gasteiger partial charge on any atom is -0.168 e. The predicted molar refractivity (Wildman–Crippen MR) is 95.4 cm³/mol. The molecule has 22 heavy (non-hydrogen) atoms. The molecule has 0 radical (unpaired) electrons. The van der Waals surface area contributed by atoms with Gasteiger partial charge in [0.05, 0.1) is 0 Å². The number of rotatable bonds is 0. The first-order valence-electron chi connectivity index (χ1n) is 7.39. The van der Waals surface area contributed by atoms with Crippen molar-refractivity contribution in [3.63, 3.8) is 0 Å². The van der Waals surface area contributed by atoms with E-state index in [0.717, 1.165) is 0 Å². The first-order chi connectivity index (χ1) is 10.7. The van der Waals surface area contributed by atoms with Crippen LogP contribution in [0.15, 0.2) is 84.9 Å². The van der Waals surface area contributed by atoms with E-state index in [1.165, 1.54) is 24.8 Å². The van der Waals surface area contributed by atoms with Crippen LogP contribution in [0, 0.1) is 0 Å². The van der Waals surface area contributed by atoms with E-state index < -0.39 is 0 Å². The van der Waals surface area contributed by atoms with Gasteiger partial charge in [0.1, 0.15) is 0 Å². The monoisotopic (exact) mass is 362 g/mol. The molecule has 0 aliphatic carbocycles. The average Bonchev–Trinajstić information content (AvgIpc) is 3.16. The molecule has 0 fully saturated rings. The Kier molecular flexibility index (Phi) is 6.68. The van der Waals surface area contributed by atoms with Crippen molar-refractivity contribution in [2.75, 3.05) is 0 Å². The van der Waals surface area contributed by atoms with Crippen LogP contribution in [0.3, 0.4) is 0 Å². The zero-order valence-corrected chi connectivity index (χ0v) is 15.5. The van der Waals surface area contributed by atoms with Crippen LogP contribution in [0.25, 0.3) is 21.5 Å². The average molecular weight is 364 g/mol. The third-order valence-corrected chi connectivity index (χ3v) is 3.10. The van der Waals surface area contributed by atoms with Crippen LogP contribution >= 0.6 is 0 Å². The smallest absolute Gasteiger partial charge is 0.0809 e. The van der Waals surface area contributed by atoms with E-state index in [1.54, 1.807) is 24.2 Å². The summed E-state index contributed by atoms with van der Waals surface area (Å²) in [6.07, 6.45) is 0. The van der Waals surface area contributed by atoms with Crippen LogP contribution in [0.2, 0.25) is 0 Å². The number of fused-ring (bicyclic) bond motifs is 2. The van der Waals surface area contributed by atoms with Gasteiger partial charge in [-0.3, -0.25) is 0 Å². The summed E-state index contributed by atoms with van der Waals surface area (Å²) in [4.78, 5) is 0. The Labute approximate surface area is 147 Å². The van der Waals surface area contributed by atoms with Crippen molar-refractivity contribution in [2.24, 2.45) is 0 Å². The van der Waals surface area contributed by atoms with Crippen LogP contribution in [0.5, 0.6) is 0 Å². The molecule has 4 aromatic rings. The fraction of sp³-hybridized carbons (Fsp3) is 0.0952. The molecule has 4 aromatic carbocycles. The molecule has 0 saturated heterocycles. The zero-order valence-electron chi connectivity index (χ0n) is 13.1. The van der Waals surface area contributed by atoms with E-state index >= 15 is 0 Å². The van der Waals surface area contributed by atoms with E-state index in [2.05, 4.69) is 98.8 Å². The summed E-state index contributed by atoms with van der Waals surface area (Å²) in [5, 5.41) is 5.32. The van der Waals surface area contributed by atoms with Crippen molar-refractivity contribution in [1.82, 2.24) is 0 Å². The Morgan fingerprint density at radius 2 is 1.05 bits per heavy atom. The SMILES string of the molecule is C[C](C)=[Zr+2].c1ccc2[cH-]ccc2c1.c1ccc2[cH-]ccc2c1. The molecule has 0 bridgehead atoms. The van der Waals surface area contributed by atoms with Gasteiger partial charge in [-0.2, -0.15) is 35.0 Å². The Morgan fingerprint density at radius 1 is 0.682 bits per heavy atom. The number of hydrogen-bond donors (Lipinski definition) is 0. The van der Waals surface area contributed by atoms with Gasteiger partial charge in [-0.1, -0.05) is 12.1 Å². The molecule has 0 aliphatic rings. The van der Waals surface area contributed by atoms with Crippen LogP contribution in [0.1, 0.15) is 13.8 Å². The molecule has 0 amide bonds. The molecule has 0 aliphatic heterocycles. The van der Waals surface area contributed by atoms with E-state index in [0.29, 0.717) is 0 Å². The van der Waals surface area contributed by atoms with Crippen LogP contribution < -0.4 is 0 Å². The summed E-state index contributed by atoms with van der Waals surface area (Å²) in [7, 11) is 0. The molecule has 1 heteroatoms. The van der Waals surface area contributed by atoms with E-state index in [1.807, 2.05) is 0 Å². The maximum atomic E-state index is 2.12. The van der Waals surface area contributed by atoms with Gasteiger partial charge in [0, 0.05) is 0 Å². The third kappa shape index (κ3) is 5.31. The van der Waals surface area contributed by atoms with Gasteiger partial charge < -0.3 is 0 Å². The maximum absolute atomic E-state index is 2.12. The second-order valence-corrected chi connectivity index (χ2v) is 7.77. The summed E-state index contributed by atoms with van der Waals surface area (Å²) in [6.45, 7) is 4.25. The van der Waals surface area contributed by atoms with Crippen molar-refractivity contribution in [3.8, 4) is 0 Å². The summed E-state index contributed by atoms with van der Waals surface area (Å²) < 4.78 is 1.51. The van der Waals surface area contributed by atoms with Crippen molar-refractivity contribution in [1.29, 1.82) is 0 Å².